The molecule has 0 bridgehead atoms. The van der Waals surface area contributed by atoms with E-state index in [0.29, 0.717) is 17.1 Å². The molecule has 0 radical (unpaired) electrons. The van der Waals surface area contributed by atoms with E-state index < -0.39 is 0 Å². The molecule has 0 saturated carbocycles. The molecule has 0 aliphatic rings. The molecular weight excluding hydrogens is 351 g/mol. The molecule has 150 valence electrons. The Morgan fingerprint density at radius 2 is 1.86 bits per heavy atom. The highest BCUT2D eigenvalue weighted by atomic mass is 19.1. The summed E-state index contributed by atoms with van der Waals surface area (Å²) in [6.07, 6.45) is 7.26. The van der Waals surface area contributed by atoms with Crippen molar-refractivity contribution in [1.82, 2.24) is 0 Å². The lowest BCUT2D eigenvalue weighted by molar-refractivity contribution is 0.183. The quantitative estimate of drug-likeness (QED) is 0.339. The number of rotatable bonds is 10. The minimum Gasteiger partial charge on any atom is -0.488 e. The SMILES string of the molecule is CC=Nc1c(OC(CC)CCCCC)cc(-c2ccc(F)cc2)cc1C(C)=N. The number of unbranched alkanes of at least 4 members (excludes halogenated alkanes) is 2. The van der Waals surface area contributed by atoms with Crippen molar-refractivity contribution in [3.8, 4) is 16.9 Å². The van der Waals surface area contributed by atoms with Crippen LogP contribution in [0.5, 0.6) is 5.75 Å². The summed E-state index contributed by atoms with van der Waals surface area (Å²) in [6.45, 7) is 7.94. The summed E-state index contributed by atoms with van der Waals surface area (Å²) in [6, 6.07) is 10.3. The molecule has 0 aliphatic carbocycles. The minimum atomic E-state index is -0.266. The molecule has 1 unspecified atom stereocenters. The zero-order chi connectivity index (χ0) is 20.5. The topological polar surface area (TPSA) is 45.4 Å². The fourth-order valence-corrected chi connectivity index (χ4v) is 3.20. The van der Waals surface area contributed by atoms with Gasteiger partial charge in [-0.2, -0.15) is 0 Å². The van der Waals surface area contributed by atoms with Crippen LogP contribution in [0.15, 0.2) is 41.4 Å². The van der Waals surface area contributed by atoms with Crippen LogP contribution < -0.4 is 4.74 Å². The molecule has 4 heteroatoms. The van der Waals surface area contributed by atoms with Crippen molar-refractivity contribution >= 4 is 17.6 Å². The Labute approximate surface area is 168 Å². The van der Waals surface area contributed by atoms with Gasteiger partial charge in [-0.3, -0.25) is 4.99 Å². The highest BCUT2D eigenvalue weighted by Crippen LogP contribution is 2.38. The van der Waals surface area contributed by atoms with E-state index in [0.717, 1.165) is 36.0 Å². The van der Waals surface area contributed by atoms with Crippen molar-refractivity contribution in [3.63, 3.8) is 0 Å². The Bertz CT molecular complexity index is 812. The van der Waals surface area contributed by atoms with Crippen LogP contribution in [0.3, 0.4) is 0 Å². The molecule has 3 nitrogen and oxygen atoms in total. The lowest BCUT2D eigenvalue weighted by Crippen LogP contribution is -2.16. The Balaban J connectivity index is 2.50. The van der Waals surface area contributed by atoms with Crippen molar-refractivity contribution in [2.24, 2.45) is 4.99 Å². The Morgan fingerprint density at radius 1 is 1.14 bits per heavy atom. The van der Waals surface area contributed by atoms with E-state index in [2.05, 4.69) is 18.8 Å². The summed E-state index contributed by atoms with van der Waals surface area (Å²) < 4.78 is 19.7. The third-order valence-electron chi connectivity index (χ3n) is 4.79. The number of halogens is 1. The van der Waals surface area contributed by atoms with Gasteiger partial charge in [-0.1, -0.05) is 38.8 Å². The predicted octanol–water partition coefficient (Wildman–Crippen LogP) is 7.34. The van der Waals surface area contributed by atoms with E-state index in [1.807, 2.05) is 19.1 Å². The van der Waals surface area contributed by atoms with Crippen LogP contribution in [-0.4, -0.2) is 18.0 Å². The number of nitrogens with zero attached hydrogens (tertiary/aromatic N) is 1. The summed E-state index contributed by atoms with van der Waals surface area (Å²) in [5.41, 5.74) is 3.64. The summed E-state index contributed by atoms with van der Waals surface area (Å²) >= 11 is 0. The van der Waals surface area contributed by atoms with Gasteiger partial charge in [-0.25, -0.2) is 4.39 Å². The van der Waals surface area contributed by atoms with Crippen LogP contribution in [0, 0.1) is 11.2 Å². The lowest BCUT2D eigenvalue weighted by atomic mass is 9.98. The van der Waals surface area contributed by atoms with Crippen molar-refractivity contribution in [1.29, 1.82) is 5.41 Å². The second kappa shape index (κ2) is 10.7. The number of hydrogen-bond donors (Lipinski definition) is 1. The molecule has 0 fully saturated rings. The summed E-state index contributed by atoms with van der Waals surface area (Å²) in [5, 5.41) is 8.22. The van der Waals surface area contributed by atoms with Crippen LogP contribution in [0.1, 0.15) is 65.4 Å². The monoisotopic (exact) mass is 382 g/mol. The molecular formula is C24H31FN2O. The molecule has 2 aromatic rings. The molecule has 0 amide bonds. The molecule has 1 N–H and O–H groups in total. The van der Waals surface area contributed by atoms with E-state index in [1.54, 1.807) is 25.3 Å². The van der Waals surface area contributed by atoms with Crippen LogP contribution in [-0.2, 0) is 0 Å². The molecule has 28 heavy (non-hydrogen) atoms. The largest absolute Gasteiger partial charge is 0.488 e. The standard InChI is InChI=1S/C24H31FN2O/c1-5-8-9-10-21(6-2)28-23-16-19(18-11-13-20(25)14-12-18)15-22(17(4)26)24(23)27-7-3/h7,11-16,21,26H,5-6,8-10H2,1-4H3. The highest BCUT2D eigenvalue weighted by molar-refractivity contribution is 6.03. The predicted molar refractivity (Wildman–Crippen MR) is 117 cm³/mol. The first kappa shape index (κ1) is 21.8. The van der Waals surface area contributed by atoms with Crippen LogP contribution in [0.4, 0.5) is 10.1 Å². The Hall–Kier alpha value is -2.49. The minimum absolute atomic E-state index is 0.111. The normalized spacial score (nSPS) is 12.3. The van der Waals surface area contributed by atoms with E-state index >= 15 is 0 Å². The van der Waals surface area contributed by atoms with E-state index in [9.17, 15) is 4.39 Å². The number of ether oxygens (including phenoxy) is 1. The van der Waals surface area contributed by atoms with Crippen LogP contribution >= 0.6 is 0 Å². The molecule has 1 atom stereocenters. The number of benzene rings is 2. The van der Waals surface area contributed by atoms with Crippen LogP contribution in [0.2, 0.25) is 0 Å². The van der Waals surface area contributed by atoms with E-state index in [-0.39, 0.29) is 11.9 Å². The number of hydrogen-bond acceptors (Lipinski definition) is 3. The maximum atomic E-state index is 13.3. The molecule has 2 aromatic carbocycles. The Morgan fingerprint density at radius 3 is 2.43 bits per heavy atom. The zero-order valence-corrected chi connectivity index (χ0v) is 17.4. The van der Waals surface area contributed by atoms with Crippen molar-refractivity contribution in [3.05, 3.63) is 47.8 Å². The van der Waals surface area contributed by atoms with Gasteiger partial charge in [0.1, 0.15) is 17.3 Å². The van der Waals surface area contributed by atoms with Gasteiger partial charge in [0.05, 0.1) is 6.10 Å². The summed E-state index contributed by atoms with van der Waals surface area (Å²) in [4.78, 5) is 4.51. The van der Waals surface area contributed by atoms with E-state index in [4.69, 9.17) is 10.1 Å². The van der Waals surface area contributed by atoms with Crippen molar-refractivity contribution in [2.75, 3.05) is 0 Å². The number of aliphatic imine (C=N–C) groups is 1. The van der Waals surface area contributed by atoms with Gasteiger partial charge in [0.15, 0.2) is 0 Å². The zero-order valence-electron chi connectivity index (χ0n) is 17.4. The summed E-state index contributed by atoms with van der Waals surface area (Å²) in [7, 11) is 0. The maximum absolute atomic E-state index is 13.3. The fourth-order valence-electron chi connectivity index (χ4n) is 3.20. The third kappa shape index (κ3) is 5.75. The van der Waals surface area contributed by atoms with Gasteiger partial charge < -0.3 is 10.1 Å². The van der Waals surface area contributed by atoms with Gasteiger partial charge in [0.25, 0.3) is 0 Å². The third-order valence-corrected chi connectivity index (χ3v) is 4.79. The summed E-state index contributed by atoms with van der Waals surface area (Å²) in [5.74, 6) is 0.419. The lowest BCUT2D eigenvalue weighted by Gasteiger charge is -2.21. The smallest absolute Gasteiger partial charge is 0.146 e. The highest BCUT2D eigenvalue weighted by Gasteiger charge is 2.17. The molecule has 0 heterocycles. The first-order chi connectivity index (χ1) is 13.5. The van der Waals surface area contributed by atoms with Gasteiger partial charge in [-0.05, 0) is 68.5 Å². The first-order valence-corrected chi connectivity index (χ1v) is 10.1. The molecule has 0 aromatic heterocycles. The van der Waals surface area contributed by atoms with E-state index in [1.165, 1.54) is 25.0 Å². The average Bonchev–Trinajstić information content (AvgIpc) is 2.68. The molecule has 0 saturated heterocycles. The second-order valence-electron chi connectivity index (χ2n) is 7.03. The van der Waals surface area contributed by atoms with Crippen LogP contribution in [0.25, 0.3) is 11.1 Å². The first-order valence-electron chi connectivity index (χ1n) is 10.1. The van der Waals surface area contributed by atoms with Crippen molar-refractivity contribution < 1.29 is 9.13 Å². The molecule has 0 aliphatic heterocycles. The second-order valence-corrected chi connectivity index (χ2v) is 7.03. The maximum Gasteiger partial charge on any atom is 0.146 e. The average molecular weight is 383 g/mol. The number of nitrogens with one attached hydrogen (secondary N) is 1. The van der Waals surface area contributed by atoms with Crippen molar-refractivity contribution in [2.45, 2.75) is 65.9 Å². The fraction of sp³-hybridized carbons (Fsp3) is 0.417. The molecule has 0 spiro atoms. The van der Waals surface area contributed by atoms with Gasteiger partial charge in [0.2, 0.25) is 0 Å². The molecule has 2 rings (SSSR count). The van der Waals surface area contributed by atoms with Gasteiger partial charge in [-0.15, -0.1) is 0 Å². The van der Waals surface area contributed by atoms with Gasteiger partial charge in [0, 0.05) is 17.5 Å². The van der Waals surface area contributed by atoms with Gasteiger partial charge >= 0.3 is 0 Å². The Kier molecular flexibility index (Phi) is 8.37.